The Bertz CT molecular complexity index is 1260. The van der Waals surface area contributed by atoms with Gasteiger partial charge in [0.15, 0.2) is 5.75 Å². The summed E-state index contributed by atoms with van der Waals surface area (Å²) in [5.41, 5.74) is 0.898. The molecule has 1 fully saturated rings. The van der Waals surface area contributed by atoms with Crippen LogP contribution in [0.5, 0.6) is 11.5 Å². The van der Waals surface area contributed by atoms with Gasteiger partial charge in [0.1, 0.15) is 11.4 Å². The Hall–Kier alpha value is -4.13. The number of rotatable bonds is 6. The highest BCUT2D eigenvalue weighted by atomic mass is 16.5. The molecule has 0 radical (unpaired) electrons. The molecule has 3 aromatic rings. The molecule has 7 nitrogen and oxygen atoms in total. The standard InChI is InChI=1S/C27H25N3O4/c1-27-17-15-25(32)30(27)22-13-7-5-11-20(22)26(33)29(27)18-16-24(31)28-21-12-6-8-14-23(21)34-19-9-3-2-4-10-19/h2-14H,15-18H2,1H3,(H,28,31). The van der Waals surface area contributed by atoms with Gasteiger partial charge in [-0.05, 0) is 49.7 Å². The highest BCUT2D eigenvalue weighted by Crippen LogP contribution is 2.44. The van der Waals surface area contributed by atoms with E-state index in [1.54, 1.807) is 34.1 Å². The summed E-state index contributed by atoms with van der Waals surface area (Å²) in [6, 6.07) is 23.7. The molecule has 3 amide bonds. The van der Waals surface area contributed by atoms with Crippen molar-refractivity contribution in [2.24, 2.45) is 0 Å². The van der Waals surface area contributed by atoms with Crippen LogP contribution in [0.2, 0.25) is 0 Å². The van der Waals surface area contributed by atoms with E-state index in [0.29, 0.717) is 41.3 Å². The van der Waals surface area contributed by atoms with Crippen molar-refractivity contribution in [3.63, 3.8) is 0 Å². The molecule has 1 unspecified atom stereocenters. The lowest BCUT2D eigenvalue weighted by Crippen LogP contribution is -2.62. The van der Waals surface area contributed by atoms with Crippen LogP contribution in [0.25, 0.3) is 0 Å². The summed E-state index contributed by atoms with van der Waals surface area (Å²) in [5, 5.41) is 2.90. The number of hydrogen-bond donors (Lipinski definition) is 1. The summed E-state index contributed by atoms with van der Waals surface area (Å²) >= 11 is 0. The molecular formula is C27H25N3O4. The van der Waals surface area contributed by atoms with Gasteiger partial charge in [0.2, 0.25) is 11.8 Å². The maximum Gasteiger partial charge on any atom is 0.257 e. The first kappa shape index (κ1) is 21.7. The van der Waals surface area contributed by atoms with Crippen molar-refractivity contribution in [1.82, 2.24) is 4.90 Å². The zero-order valence-corrected chi connectivity index (χ0v) is 18.9. The molecule has 172 valence electrons. The lowest BCUT2D eigenvalue weighted by atomic mass is 9.98. The third-order valence-electron chi connectivity index (χ3n) is 6.44. The number of nitrogens with one attached hydrogen (secondary N) is 1. The second kappa shape index (κ2) is 8.67. The number of nitrogens with zero attached hydrogens (tertiary/aromatic N) is 2. The van der Waals surface area contributed by atoms with Crippen molar-refractivity contribution < 1.29 is 19.1 Å². The Labute approximate surface area is 197 Å². The molecule has 0 aliphatic carbocycles. The van der Waals surface area contributed by atoms with E-state index in [9.17, 15) is 14.4 Å². The predicted octanol–water partition coefficient (Wildman–Crippen LogP) is 4.81. The van der Waals surface area contributed by atoms with E-state index < -0.39 is 5.66 Å². The van der Waals surface area contributed by atoms with Gasteiger partial charge < -0.3 is 15.0 Å². The normalized spacial score (nSPS) is 19.0. The van der Waals surface area contributed by atoms with Crippen LogP contribution in [-0.4, -0.2) is 34.8 Å². The van der Waals surface area contributed by atoms with E-state index in [2.05, 4.69) is 5.32 Å². The quantitative estimate of drug-likeness (QED) is 0.579. The molecule has 1 N–H and O–H groups in total. The number of anilines is 2. The Balaban J connectivity index is 1.32. The number of fused-ring (bicyclic) bond motifs is 3. The Morgan fingerprint density at radius 2 is 1.68 bits per heavy atom. The minimum Gasteiger partial charge on any atom is -0.455 e. The molecule has 7 heteroatoms. The number of para-hydroxylation sites is 4. The number of carbonyl (C=O) groups is 3. The van der Waals surface area contributed by atoms with Crippen LogP contribution < -0.4 is 15.0 Å². The second-order valence-electron chi connectivity index (χ2n) is 8.63. The van der Waals surface area contributed by atoms with Crippen LogP contribution in [0.3, 0.4) is 0 Å². The summed E-state index contributed by atoms with van der Waals surface area (Å²) in [6.07, 6.45) is 0.984. The monoisotopic (exact) mass is 455 g/mol. The summed E-state index contributed by atoms with van der Waals surface area (Å²) in [7, 11) is 0. The Kier molecular flexibility index (Phi) is 5.53. The summed E-state index contributed by atoms with van der Waals surface area (Å²) in [6.45, 7) is 2.09. The molecule has 2 heterocycles. The van der Waals surface area contributed by atoms with Gasteiger partial charge in [-0.2, -0.15) is 0 Å². The first-order valence-electron chi connectivity index (χ1n) is 11.3. The lowest BCUT2D eigenvalue weighted by molar-refractivity contribution is -0.117. The van der Waals surface area contributed by atoms with E-state index in [1.807, 2.05) is 61.5 Å². The topological polar surface area (TPSA) is 79.0 Å². The molecule has 0 saturated carbocycles. The third-order valence-corrected chi connectivity index (χ3v) is 6.44. The number of carbonyl (C=O) groups excluding carboxylic acids is 3. The molecule has 2 aliphatic rings. The summed E-state index contributed by atoms with van der Waals surface area (Å²) < 4.78 is 5.92. The fourth-order valence-electron chi connectivity index (χ4n) is 4.74. The van der Waals surface area contributed by atoms with Gasteiger partial charge in [0, 0.05) is 19.4 Å². The third kappa shape index (κ3) is 3.79. The molecular weight excluding hydrogens is 430 g/mol. The fourth-order valence-corrected chi connectivity index (χ4v) is 4.74. The van der Waals surface area contributed by atoms with Gasteiger partial charge in [0.25, 0.3) is 5.91 Å². The van der Waals surface area contributed by atoms with Crippen LogP contribution in [0, 0.1) is 0 Å². The Morgan fingerprint density at radius 1 is 0.971 bits per heavy atom. The van der Waals surface area contributed by atoms with Gasteiger partial charge in [-0.1, -0.05) is 42.5 Å². The minimum atomic E-state index is -0.781. The van der Waals surface area contributed by atoms with Gasteiger partial charge in [-0.25, -0.2) is 0 Å². The molecule has 3 aromatic carbocycles. The van der Waals surface area contributed by atoms with E-state index in [1.165, 1.54) is 0 Å². The van der Waals surface area contributed by atoms with E-state index in [0.717, 1.165) is 0 Å². The lowest BCUT2D eigenvalue weighted by Gasteiger charge is -2.48. The van der Waals surface area contributed by atoms with Gasteiger partial charge in [-0.15, -0.1) is 0 Å². The van der Waals surface area contributed by atoms with Crippen LogP contribution in [0.15, 0.2) is 78.9 Å². The van der Waals surface area contributed by atoms with Gasteiger partial charge in [0.05, 0.1) is 16.9 Å². The van der Waals surface area contributed by atoms with E-state index in [-0.39, 0.29) is 30.7 Å². The molecule has 34 heavy (non-hydrogen) atoms. The van der Waals surface area contributed by atoms with Crippen LogP contribution in [0.4, 0.5) is 11.4 Å². The van der Waals surface area contributed by atoms with Gasteiger partial charge >= 0.3 is 0 Å². The van der Waals surface area contributed by atoms with Crippen molar-refractivity contribution >= 4 is 29.1 Å². The van der Waals surface area contributed by atoms with E-state index in [4.69, 9.17) is 4.74 Å². The number of hydrogen-bond acceptors (Lipinski definition) is 4. The van der Waals surface area contributed by atoms with Gasteiger partial charge in [-0.3, -0.25) is 19.3 Å². The molecule has 0 spiro atoms. The van der Waals surface area contributed by atoms with Crippen LogP contribution in [0.1, 0.15) is 36.5 Å². The average Bonchev–Trinajstić information content (AvgIpc) is 3.16. The van der Waals surface area contributed by atoms with Crippen molar-refractivity contribution in [2.45, 2.75) is 31.8 Å². The molecule has 0 aromatic heterocycles. The number of ether oxygens (including phenoxy) is 1. The second-order valence-corrected chi connectivity index (χ2v) is 8.63. The predicted molar refractivity (Wildman–Crippen MR) is 129 cm³/mol. The molecule has 1 atom stereocenters. The molecule has 5 rings (SSSR count). The maximum atomic E-state index is 13.3. The molecule has 2 aliphatic heterocycles. The van der Waals surface area contributed by atoms with Crippen molar-refractivity contribution in [2.75, 3.05) is 16.8 Å². The van der Waals surface area contributed by atoms with Crippen molar-refractivity contribution in [3.8, 4) is 11.5 Å². The average molecular weight is 456 g/mol. The highest BCUT2D eigenvalue weighted by Gasteiger charge is 2.52. The molecule has 0 bridgehead atoms. The fraction of sp³-hybridized carbons (Fsp3) is 0.222. The van der Waals surface area contributed by atoms with Crippen molar-refractivity contribution in [3.05, 3.63) is 84.4 Å². The number of amides is 3. The first-order chi connectivity index (χ1) is 16.5. The Morgan fingerprint density at radius 3 is 2.50 bits per heavy atom. The first-order valence-corrected chi connectivity index (χ1v) is 11.3. The van der Waals surface area contributed by atoms with E-state index >= 15 is 0 Å². The van der Waals surface area contributed by atoms with Crippen LogP contribution >= 0.6 is 0 Å². The zero-order valence-electron chi connectivity index (χ0n) is 18.9. The number of benzene rings is 3. The molecule has 1 saturated heterocycles. The smallest absolute Gasteiger partial charge is 0.257 e. The summed E-state index contributed by atoms with van der Waals surface area (Å²) in [4.78, 5) is 42.3. The SMILES string of the molecule is CC12CCC(=O)N1c1ccccc1C(=O)N2CCC(=O)Nc1ccccc1Oc1ccccc1. The zero-order chi connectivity index (χ0) is 23.7. The minimum absolute atomic E-state index is 0.0103. The maximum absolute atomic E-state index is 13.3. The summed E-state index contributed by atoms with van der Waals surface area (Å²) in [5.74, 6) is 0.786. The van der Waals surface area contributed by atoms with Crippen LogP contribution in [-0.2, 0) is 9.59 Å². The largest absolute Gasteiger partial charge is 0.455 e. The highest BCUT2D eigenvalue weighted by molar-refractivity contribution is 6.10. The van der Waals surface area contributed by atoms with Crippen molar-refractivity contribution in [1.29, 1.82) is 0 Å².